The molecule has 1 aliphatic carbocycles. The van der Waals surface area contributed by atoms with E-state index in [4.69, 9.17) is 0 Å². The second-order valence-corrected chi connectivity index (χ2v) is 8.24. The zero-order valence-electron chi connectivity index (χ0n) is 14.5. The third kappa shape index (κ3) is 2.67. The first kappa shape index (κ1) is 16.6. The van der Waals surface area contributed by atoms with Crippen molar-refractivity contribution < 1.29 is 9.90 Å². The number of anilines is 1. The first-order valence-electron chi connectivity index (χ1n) is 9.09. The van der Waals surface area contributed by atoms with E-state index in [-0.39, 0.29) is 12.0 Å². The van der Waals surface area contributed by atoms with E-state index >= 15 is 0 Å². The Balaban J connectivity index is 1.68. The van der Waals surface area contributed by atoms with E-state index in [0.717, 1.165) is 22.1 Å². The normalized spacial score (nSPS) is 22.3. The molecule has 2 aliphatic rings. The van der Waals surface area contributed by atoms with Gasteiger partial charge < -0.3 is 10.4 Å². The van der Waals surface area contributed by atoms with Crippen molar-refractivity contribution >= 4 is 27.6 Å². The molecule has 0 spiro atoms. The highest BCUT2D eigenvalue weighted by atomic mass is 79.9. The highest BCUT2D eigenvalue weighted by Crippen LogP contribution is 2.53. The summed E-state index contributed by atoms with van der Waals surface area (Å²) in [6, 6.07) is 22.7. The van der Waals surface area contributed by atoms with Crippen LogP contribution in [0.2, 0.25) is 0 Å². The van der Waals surface area contributed by atoms with Crippen LogP contribution in [0.3, 0.4) is 0 Å². The van der Waals surface area contributed by atoms with E-state index in [0.29, 0.717) is 11.5 Å². The van der Waals surface area contributed by atoms with Gasteiger partial charge in [-0.05, 0) is 64.9 Å². The standard InChI is InChI=1S/C23H18BrNO2/c24-16-8-5-13(6-9-16)22-19-11-14-3-1-2-4-17(14)21(19)18-12-15(23(26)27)7-10-20(18)25-22/h1-10,12,19,21-22,25H,11H2,(H,26,27)/t19-,21-,22+/m0/s1. The zero-order chi connectivity index (χ0) is 18.5. The third-order valence-electron chi connectivity index (χ3n) is 5.88. The van der Waals surface area contributed by atoms with Crippen LogP contribution in [0.15, 0.2) is 71.2 Å². The average molecular weight is 420 g/mol. The number of hydrogen-bond acceptors (Lipinski definition) is 2. The maximum atomic E-state index is 11.5. The highest BCUT2D eigenvalue weighted by Gasteiger charge is 2.43. The van der Waals surface area contributed by atoms with Gasteiger partial charge in [0.05, 0.1) is 11.6 Å². The molecule has 27 heavy (non-hydrogen) atoms. The summed E-state index contributed by atoms with van der Waals surface area (Å²) in [6.45, 7) is 0. The van der Waals surface area contributed by atoms with Gasteiger partial charge >= 0.3 is 5.97 Å². The molecule has 3 aromatic carbocycles. The number of halogens is 1. The zero-order valence-corrected chi connectivity index (χ0v) is 16.1. The summed E-state index contributed by atoms with van der Waals surface area (Å²) in [5.41, 5.74) is 6.43. The number of nitrogens with one attached hydrogen (secondary N) is 1. The largest absolute Gasteiger partial charge is 0.478 e. The Bertz CT molecular complexity index is 1040. The second kappa shape index (κ2) is 6.24. The van der Waals surface area contributed by atoms with Crippen LogP contribution in [0.5, 0.6) is 0 Å². The van der Waals surface area contributed by atoms with Crippen molar-refractivity contribution in [2.75, 3.05) is 5.32 Å². The molecule has 2 N–H and O–H groups in total. The fourth-order valence-electron chi connectivity index (χ4n) is 4.69. The molecule has 0 radical (unpaired) electrons. The van der Waals surface area contributed by atoms with E-state index in [1.165, 1.54) is 16.7 Å². The summed E-state index contributed by atoms with van der Waals surface area (Å²) in [6.07, 6.45) is 0.991. The average Bonchev–Trinajstić information content (AvgIpc) is 3.07. The number of carboxylic acid groups (broad SMARTS) is 1. The number of benzene rings is 3. The number of fused-ring (bicyclic) bond motifs is 5. The Morgan fingerprint density at radius 2 is 1.78 bits per heavy atom. The maximum Gasteiger partial charge on any atom is 0.335 e. The lowest BCUT2D eigenvalue weighted by molar-refractivity contribution is 0.0696. The highest BCUT2D eigenvalue weighted by molar-refractivity contribution is 9.10. The number of carbonyl (C=O) groups is 1. The lowest BCUT2D eigenvalue weighted by atomic mass is 9.75. The molecule has 0 unspecified atom stereocenters. The molecule has 5 rings (SSSR count). The van der Waals surface area contributed by atoms with Crippen LogP contribution in [0.4, 0.5) is 5.69 Å². The molecule has 4 heteroatoms. The SMILES string of the molecule is O=C(O)c1ccc2c(c1)[C@@H]1c3ccccc3C[C@@H]1[C@@H](c1ccc(Br)cc1)N2. The summed E-state index contributed by atoms with van der Waals surface area (Å²) in [5, 5.41) is 13.2. The molecule has 3 aromatic rings. The molecule has 3 nitrogen and oxygen atoms in total. The first-order chi connectivity index (χ1) is 13.1. The van der Waals surface area contributed by atoms with Crippen molar-refractivity contribution in [1.82, 2.24) is 0 Å². The summed E-state index contributed by atoms with van der Waals surface area (Å²) in [4.78, 5) is 11.5. The predicted molar refractivity (Wildman–Crippen MR) is 109 cm³/mol. The maximum absolute atomic E-state index is 11.5. The van der Waals surface area contributed by atoms with Gasteiger partial charge in [0.25, 0.3) is 0 Å². The molecule has 0 saturated carbocycles. The molecule has 1 heterocycles. The monoisotopic (exact) mass is 419 g/mol. The minimum absolute atomic E-state index is 0.193. The summed E-state index contributed by atoms with van der Waals surface area (Å²) >= 11 is 3.52. The van der Waals surface area contributed by atoms with Gasteiger partial charge in [0.1, 0.15) is 0 Å². The van der Waals surface area contributed by atoms with Crippen molar-refractivity contribution in [2.24, 2.45) is 5.92 Å². The Morgan fingerprint density at radius 3 is 2.56 bits per heavy atom. The van der Waals surface area contributed by atoms with Crippen LogP contribution in [0.1, 0.15) is 44.6 Å². The van der Waals surface area contributed by atoms with Crippen LogP contribution in [0, 0.1) is 5.92 Å². The summed E-state index contributed by atoms with van der Waals surface area (Å²) in [5.74, 6) is -0.304. The van der Waals surface area contributed by atoms with Gasteiger partial charge in [-0.1, -0.05) is 52.3 Å². The van der Waals surface area contributed by atoms with Crippen molar-refractivity contribution in [3.63, 3.8) is 0 Å². The number of rotatable bonds is 2. The van der Waals surface area contributed by atoms with E-state index < -0.39 is 5.97 Å². The van der Waals surface area contributed by atoms with Gasteiger partial charge in [-0.15, -0.1) is 0 Å². The number of carboxylic acids is 1. The molecular weight excluding hydrogens is 402 g/mol. The van der Waals surface area contributed by atoms with Crippen LogP contribution >= 0.6 is 15.9 Å². The lowest BCUT2D eigenvalue weighted by Crippen LogP contribution is -2.30. The Kier molecular flexibility index (Phi) is 3.83. The molecule has 134 valence electrons. The van der Waals surface area contributed by atoms with Gasteiger partial charge in [0.2, 0.25) is 0 Å². The fourth-order valence-corrected chi connectivity index (χ4v) is 4.96. The molecule has 0 saturated heterocycles. The minimum atomic E-state index is -0.879. The van der Waals surface area contributed by atoms with Crippen molar-refractivity contribution in [3.8, 4) is 0 Å². The molecule has 0 fully saturated rings. The molecule has 0 bridgehead atoms. The summed E-state index contributed by atoms with van der Waals surface area (Å²) in [7, 11) is 0. The van der Waals surface area contributed by atoms with Crippen LogP contribution in [-0.4, -0.2) is 11.1 Å². The predicted octanol–water partition coefficient (Wildman–Crippen LogP) is 5.62. The third-order valence-corrected chi connectivity index (χ3v) is 6.40. The van der Waals surface area contributed by atoms with Crippen LogP contribution in [-0.2, 0) is 6.42 Å². The quantitative estimate of drug-likeness (QED) is 0.566. The molecule has 0 aromatic heterocycles. The topological polar surface area (TPSA) is 49.3 Å². The van der Waals surface area contributed by atoms with Crippen LogP contribution in [0.25, 0.3) is 0 Å². The van der Waals surface area contributed by atoms with E-state index in [1.54, 1.807) is 6.07 Å². The van der Waals surface area contributed by atoms with Crippen molar-refractivity contribution in [2.45, 2.75) is 18.4 Å². The van der Waals surface area contributed by atoms with Crippen molar-refractivity contribution in [3.05, 3.63) is 99.0 Å². The fraction of sp³-hybridized carbons (Fsp3) is 0.174. The van der Waals surface area contributed by atoms with Crippen molar-refractivity contribution in [1.29, 1.82) is 0 Å². The van der Waals surface area contributed by atoms with Crippen LogP contribution < -0.4 is 5.32 Å². The second-order valence-electron chi connectivity index (χ2n) is 7.33. The molecule has 1 aliphatic heterocycles. The van der Waals surface area contributed by atoms with E-state index in [1.807, 2.05) is 12.1 Å². The summed E-state index contributed by atoms with van der Waals surface area (Å²) < 4.78 is 1.07. The Morgan fingerprint density at radius 1 is 1.00 bits per heavy atom. The number of aromatic carboxylic acids is 1. The van der Waals surface area contributed by atoms with E-state index in [9.17, 15) is 9.90 Å². The van der Waals surface area contributed by atoms with Gasteiger partial charge in [-0.3, -0.25) is 0 Å². The molecule has 3 atom stereocenters. The lowest BCUT2D eigenvalue weighted by Gasteiger charge is -2.38. The molecule has 0 amide bonds. The van der Waals surface area contributed by atoms with Gasteiger partial charge in [-0.2, -0.15) is 0 Å². The number of hydrogen-bond donors (Lipinski definition) is 2. The first-order valence-corrected chi connectivity index (χ1v) is 9.88. The smallest absolute Gasteiger partial charge is 0.335 e. The Labute approximate surface area is 166 Å². The van der Waals surface area contributed by atoms with Gasteiger partial charge in [-0.25, -0.2) is 4.79 Å². The van der Waals surface area contributed by atoms with E-state index in [2.05, 4.69) is 69.8 Å². The Hall–Kier alpha value is -2.59. The molecular formula is C23H18BrNO2. The van der Waals surface area contributed by atoms with Gasteiger partial charge in [0.15, 0.2) is 0 Å². The minimum Gasteiger partial charge on any atom is -0.478 e. The van der Waals surface area contributed by atoms with Gasteiger partial charge in [0, 0.05) is 16.1 Å².